The van der Waals surface area contributed by atoms with Crippen LogP contribution >= 0.6 is 0 Å². The molecule has 0 radical (unpaired) electrons. The summed E-state index contributed by atoms with van der Waals surface area (Å²) in [4.78, 5) is 0. The average molecular weight is 531 g/mol. The van der Waals surface area contributed by atoms with Crippen LogP contribution in [0.4, 0.5) is 0 Å². The molecule has 0 amide bonds. The van der Waals surface area contributed by atoms with Gasteiger partial charge in [-0.1, -0.05) is 105 Å². The highest BCUT2D eigenvalue weighted by atomic mass is 16.3. The lowest BCUT2D eigenvalue weighted by Crippen LogP contribution is -2.42. The Balaban J connectivity index is 1.69. The predicted octanol–water partition coefficient (Wildman–Crippen LogP) is 9.95. The molecular formula is C38H44NO+. The number of furan rings is 1. The van der Waals surface area contributed by atoms with Crippen LogP contribution in [0.2, 0.25) is 0 Å². The second-order valence-corrected chi connectivity index (χ2v) is 14.7. The molecule has 40 heavy (non-hydrogen) atoms. The lowest BCUT2D eigenvalue weighted by molar-refractivity contribution is -0.660. The number of para-hydroxylation sites is 1. The molecule has 0 saturated carbocycles. The Labute approximate surface area is 240 Å². The summed E-state index contributed by atoms with van der Waals surface area (Å²) in [7, 11) is 2.10. The molecule has 2 aromatic heterocycles. The molecule has 3 aromatic carbocycles. The molecular weight excluding hydrogens is 486 g/mol. The first-order valence-electron chi connectivity index (χ1n) is 14.7. The Morgan fingerprint density at radius 3 is 2.12 bits per heavy atom. The topological polar surface area (TPSA) is 17.0 Å². The summed E-state index contributed by atoms with van der Waals surface area (Å²) in [5.41, 5.74) is 12.5. The number of fused-ring (bicyclic) bond motifs is 4. The van der Waals surface area contributed by atoms with Crippen LogP contribution in [0.25, 0.3) is 44.3 Å². The first-order chi connectivity index (χ1) is 18.6. The molecule has 0 atom stereocenters. The minimum absolute atomic E-state index is 0.0159. The van der Waals surface area contributed by atoms with E-state index in [1.54, 1.807) is 0 Å². The van der Waals surface area contributed by atoms with Crippen LogP contribution < -0.4 is 4.57 Å². The van der Waals surface area contributed by atoms with Crippen molar-refractivity contribution < 1.29 is 8.98 Å². The highest BCUT2D eigenvalue weighted by molar-refractivity contribution is 6.13. The van der Waals surface area contributed by atoms with E-state index in [9.17, 15) is 0 Å². The van der Waals surface area contributed by atoms with Crippen LogP contribution in [0.5, 0.6) is 0 Å². The third-order valence-corrected chi connectivity index (χ3v) is 10.9. The van der Waals surface area contributed by atoms with Crippen molar-refractivity contribution in [1.29, 1.82) is 0 Å². The van der Waals surface area contributed by atoms with E-state index in [0.29, 0.717) is 0 Å². The number of hydrogen-bond acceptors (Lipinski definition) is 1. The Morgan fingerprint density at radius 1 is 0.750 bits per heavy atom. The van der Waals surface area contributed by atoms with Crippen molar-refractivity contribution in [2.75, 3.05) is 0 Å². The zero-order valence-electron chi connectivity index (χ0n) is 26.2. The second kappa shape index (κ2) is 8.32. The van der Waals surface area contributed by atoms with Gasteiger partial charge in [-0.2, -0.15) is 0 Å². The van der Waals surface area contributed by atoms with Crippen LogP contribution in [0.3, 0.4) is 0 Å². The molecule has 2 nitrogen and oxygen atoms in total. The highest BCUT2D eigenvalue weighted by Crippen LogP contribution is 2.63. The summed E-state index contributed by atoms with van der Waals surface area (Å²) < 4.78 is 9.10. The van der Waals surface area contributed by atoms with E-state index in [-0.39, 0.29) is 21.7 Å². The van der Waals surface area contributed by atoms with Crippen molar-refractivity contribution in [2.24, 2.45) is 12.5 Å². The molecule has 0 bridgehead atoms. The standard InChI is InChI=1S/C38H44NO/c1-23-18-19-27-26-16-14-15-25(33(26)40-34(27)31(23)30-17-12-13-20-39(30)11)24-21-28(35(2,3)4)32-29(22-24)36(5,6)38(9,10)37(32,7)8/h12-22H,1-11H3/q+1. The van der Waals surface area contributed by atoms with Gasteiger partial charge in [-0.3, -0.25) is 0 Å². The fourth-order valence-electron chi connectivity index (χ4n) is 7.27. The number of pyridine rings is 1. The number of nitrogens with zero attached hydrogens (tertiary/aromatic N) is 1. The lowest BCUT2D eigenvalue weighted by atomic mass is 9.59. The van der Waals surface area contributed by atoms with E-state index in [4.69, 9.17) is 4.42 Å². The van der Waals surface area contributed by atoms with E-state index >= 15 is 0 Å². The van der Waals surface area contributed by atoms with Gasteiger partial charge in [0.05, 0.1) is 5.56 Å². The molecule has 0 fully saturated rings. The van der Waals surface area contributed by atoms with E-state index < -0.39 is 0 Å². The van der Waals surface area contributed by atoms with Crippen LogP contribution in [-0.4, -0.2) is 0 Å². The third kappa shape index (κ3) is 3.44. The molecule has 0 N–H and O–H groups in total. The third-order valence-electron chi connectivity index (χ3n) is 10.9. The minimum atomic E-state index is 0.0159. The SMILES string of the molecule is Cc1ccc2c(oc3c(-c4cc(C(C)(C)C)c5c(c4)C(C)(C)C(C)(C)C5(C)C)cccc32)c1-c1cccc[n+]1C. The van der Waals surface area contributed by atoms with Crippen molar-refractivity contribution >= 4 is 21.9 Å². The van der Waals surface area contributed by atoms with Gasteiger partial charge in [0, 0.05) is 28.5 Å². The monoisotopic (exact) mass is 530 g/mol. The number of benzene rings is 3. The van der Waals surface area contributed by atoms with Crippen molar-refractivity contribution in [2.45, 2.75) is 85.5 Å². The molecule has 2 heterocycles. The fraction of sp³-hybridized carbons (Fsp3) is 0.395. The van der Waals surface area contributed by atoms with Crippen molar-refractivity contribution in [3.8, 4) is 22.4 Å². The maximum atomic E-state index is 6.92. The van der Waals surface area contributed by atoms with Gasteiger partial charge in [0.1, 0.15) is 18.2 Å². The molecule has 0 aliphatic heterocycles. The van der Waals surface area contributed by atoms with Crippen molar-refractivity contribution in [1.82, 2.24) is 0 Å². The zero-order chi connectivity index (χ0) is 29.0. The summed E-state index contributed by atoms with van der Waals surface area (Å²) in [6, 6.07) is 22.4. The fourth-order valence-corrected chi connectivity index (χ4v) is 7.27. The Bertz CT molecular complexity index is 1820. The van der Waals surface area contributed by atoms with Gasteiger partial charge in [-0.25, -0.2) is 4.57 Å². The molecule has 2 heteroatoms. The number of hydrogen-bond donors (Lipinski definition) is 0. The smallest absolute Gasteiger partial charge is 0.216 e. The van der Waals surface area contributed by atoms with Gasteiger partial charge < -0.3 is 4.42 Å². The van der Waals surface area contributed by atoms with E-state index in [2.05, 4.69) is 148 Å². The summed E-state index contributed by atoms with van der Waals surface area (Å²) in [5.74, 6) is 0. The van der Waals surface area contributed by atoms with Crippen LogP contribution in [-0.2, 0) is 23.3 Å². The quantitative estimate of drug-likeness (QED) is 0.208. The summed E-state index contributed by atoms with van der Waals surface area (Å²) in [5, 5.41) is 2.34. The van der Waals surface area contributed by atoms with Gasteiger partial charge in [0.25, 0.3) is 0 Å². The van der Waals surface area contributed by atoms with Crippen LogP contribution in [0.1, 0.15) is 84.6 Å². The van der Waals surface area contributed by atoms with Gasteiger partial charge >= 0.3 is 0 Å². The molecule has 0 saturated heterocycles. The minimum Gasteiger partial charge on any atom is -0.454 e. The predicted molar refractivity (Wildman–Crippen MR) is 169 cm³/mol. The van der Waals surface area contributed by atoms with Crippen LogP contribution in [0, 0.1) is 12.3 Å². The second-order valence-electron chi connectivity index (χ2n) is 14.7. The first kappa shape index (κ1) is 26.8. The molecule has 1 aliphatic rings. The van der Waals surface area contributed by atoms with Gasteiger partial charge in [-0.05, 0) is 62.5 Å². The van der Waals surface area contributed by atoms with E-state index in [1.807, 2.05) is 0 Å². The van der Waals surface area contributed by atoms with Gasteiger partial charge in [0.15, 0.2) is 6.20 Å². The Morgan fingerprint density at radius 2 is 1.45 bits per heavy atom. The average Bonchev–Trinajstić information content (AvgIpc) is 3.30. The van der Waals surface area contributed by atoms with Crippen molar-refractivity contribution in [3.63, 3.8) is 0 Å². The largest absolute Gasteiger partial charge is 0.454 e. The number of rotatable bonds is 2. The maximum absolute atomic E-state index is 6.92. The maximum Gasteiger partial charge on any atom is 0.216 e. The zero-order valence-corrected chi connectivity index (χ0v) is 26.2. The summed E-state index contributed by atoms with van der Waals surface area (Å²) in [6.45, 7) is 23.9. The lowest BCUT2D eigenvalue weighted by Gasteiger charge is -2.45. The Hall–Kier alpha value is -3.39. The molecule has 206 valence electrons. The van der Waals surface area contributed by atoms with E-state index in [1.165, 1.54) is 44.2 Å². The van der Waals surface area contributed by atoms with Gasteiger partial charge in [-0.15, -0.1) is 0 Å². The van der Waals surface area contributed by atoms with Crippen molar-refractivity contribution in [3.05, 3.63) is 89.1 Å². The Kier molecular flexibility index (Phi) is 5.58. The highest BCUT2D eigenvalue weighted by Gasteiger charge is 2.58. The number of aromatic nitrogens is 1. The summed E-state index contributed by atoms with van der Waals surface area (Å²) >= 11 is 0. The normalized spacial score (nSPS) is 17.5. The molecule has 5 aromatic rings. The van der Waals surface area contributed by atoms with Gasteiger partial charge in [0.2, 0.25) is 5.69 Å². The number of aryl methyl sites for hydroxylation is 2. The molecule has 1 aliphatic carbocycles. The van der Waals surface area contributed by atoms with Crippen LogP contribution in [0.15, 0.2) is 71.3 Å². The van der Waals surface area contributed by atoms with E-state index in [0.717, 1.165) is 22.4 Å². The molecule has 0 unspecified atom stereocenters. The molecule has 0 spiro atoms. The molecule has 6 rings (SSSR count). The summed E-state index contributed by atoms with van der Waals surface area (Å²) in [6.07, 6.45) is 2.10. The first-order valence-corrected chi connectivity index (χ1v) is 14.7.